The molecule has 3 aliphatic carbocycles. The molecule has 0 amide bonds. The number of fused-ring (bicyclic) bond motifs is 3. The molecule has 7 heteroatoms. The molecule has 44 heavy (non-hydrogen) atoms. The molecule has 6 atom stereocenters. The molecule has 0 spiro atoms. The number of carbonyl (C=O) groups is 5. The second-order valence-electron chi connectivity index (χ2n) is 13.8. The van der Waals surface area contributed by atoms with E-state index in [0.29, 0.717) is 5.56 Å². The van der Waals surface area contributed by atoms with Crippen molar-refractivity contribution in [1.29, 1.82) is 0 Å². The van der Waals surface area contributed by atoms with E-state index >= 15 is 0 Å². The molecule has 3 unspecified atom stereocenters. The molecule has 0 radical (unpaired) electrons. The Kier molecular flexibility index (Phi) is 7.57. The van der Waals surface area contributed by atoms with Crippen molar-refractivity contribution in [2.24, 2.45) is 34.5 Å². The standard InChI is InChI=1S/C37H40O7/c1-8-20(4)12-13-22-10-9-11-23(16-22)24-14-15-26(39)28-25(24)17-35(6)18-36(7)29(19(2)3)31(40)27(21(5)38)33(42)37(36,44)34(43)30(35)32(28)41/h9-16,19,27,29-30,39,44H,4,8,17-18H2,1-3,5-7H3/b13-12+/t27?,29?,30?,35-,36-,37+/m1/s1. The highest BCUT2D eigenvalue weighted by Gasteiger charge is 2.76. The number of allylic oxidation sites excluding steroid dienone is 2. The van der Waals surface area contributed by atoms with E-state index in [1.807, 2.05) is 43.3 Å². The summed E-state index contributed by atoms with van der Waals surface area (Å²) in [5, 5.41) is 23.1. The van der Waals surface area contributed by atoms with Gasteiger partial charge in [-0.1, -0.05) is 83.2 Å². The number of aliphatic hydroxyl groups is 1. The van der Waals surface area contributed by atoms with Crippen LogP contribution in [-0.2, 0) is 25.6 Å². The molecule has 7 nitrogen and oxygen atoms in total. The molecular formula is C37H40O7. The van der Waals surface area contributed by atoms with Gasteiger partial charge >= 0.3 is 0 Å². The number of phenolic OH excluding ortho intramolecular Hbond substituents is 1. The average Bonchev–Trinajstić information content (AvgIpc) is 2.93. The molecule has 0 bridgehead atoms. The van der Waals surface area contributed by atoms with Gasteiger partial charge < -0.3 is 10.2 Å². The zero-order chi connectivity index (χ0) is 32.5. The molecule has 5 rings (SSSR count). The maximum absolute atomic E-state index is 14.5. The lowest BCUT2D eigenvalue weighted by atomic mass is 9.40. The minimum atomic E-state index is -2.71. The summed E-state index contributed by atoms with van der Waals surface area (Å²) in [5.41, 5.74) is -1.33. The summed E-state index contributed by atoms with van der Waals surface area (Å²) in [6, 6.07) is 10.9. The van der Waals surface area contributed by atoms with Crippen LogP contribution in [0.3, 0.4) is 0 Å². The normalized spacial score (nSPS) is 31.6. The van der Waals surface area contributed by atoms with Crippen molar-refractivity contribution in [3.63, 3.8) is 0 Å². The second kappa shape index (κ2) is 10.6. The number of rotatable bonds is 6. The second-order valence-corrected chi connectivity index (χ2v) is 13.8. The largest absolute Gasteiger partial charge is 0.507 e. The van der Waals surface area contributed by atoms with Gasteiger partial charge in [-0.3, -0.25) is 24.0 Å². The van der Waals surface area contributed by atoms with E-state index in [0.717, 1.165) is 35.6 Å². The summed E-state index contributed by atoms with van der Waals surface area (Å²) < 4.78 is 0. The van der Waals surface area contributed by atoms with Gasteiger partial charge in [0, 0.05) is 11.3 Å². The molecule has 0 saturated heterocycles. The van der Waals surface area contributed by atoms with E-state index in [1.165, 1.54) is 6.07 Å². The summed E-state index contributed by atoms with van der Waals surface area (Å²) in [6.45, 7) is 14.1. The number of carbonyl (C=O) groups excluding carboxylic acids is 5. The molecule has 230 valence electrons. The Hall–Kier alpha value is -3.97. The van der Waals surface area contributed by atoms with Crippen molar-refractivity contribution in [3.05, 3.63) is 71.3 Å². The lowest BCUT2D eigenvalue weighted by molar-refractivity contribution is -0.205. The molecular weight excluding hydrogens is 556 g/mol. The number of aromatic hydroxyl groups is 1. The third-order valence-electron chi connectivity index (χ3n) is 10.4. The SMILES string of the molecule is C=C(/C=C/c1cccc(-c2ccc(O)c3c2C[C@]2(C)C[C@]4(C)C(C(C)C)C(=O)C(C(C)=O)C(=O)[C@]4(O)C(=O)C2C3=O)c1)CC. The van der Waals surface area contributed by atoms with Crippen molar-refractivity contribution in [2.45, 2.75) is 66.4 Å². The summed E-state index contributed by atoms with van der Waals surface area (Å²) >= 11 is 0. The first kappa shape index (κ1) is 31.5. The van der Waals surface area contributed by atoms with Crippen LogP contribution < -0.4 is 0 Å². The molecule has 0 aromatic heterocycles. The van der Waals surface area contributed by atoms with Gasteiger partial charge in [0.1, 0.15) is 17.5 Å². The van der Waals surface area contributed by atoms with Gasteiger partial charge in [0.15, 0.2) is 28.7 Å². The molecule has 2 aromatic rings. The smallest absolute Gasteiger partial charge is 0.190 e. The molecule has 0 heterocycles. The molecule has 2 N–H and O–H groups in total. The quantitative estimate of drug-likeness (QED) is 0.322. The molecule has 0 aliphatic heterocycles. The van der Waals surface area contributed by atoms with Crippen molar-refractivity contribution in [3.8, 4) is 16.9 Å². The van der Waals surface area contributed by atoms with Crippen molar-refractivity contribution >= 4 is 35.0 Å². The van der Waals surface area contributed by atoms with Crippen LogP contribution >= 0.6 is 0 Å². The highest BCUT2D eigenvalue weighted by Crippen LogP contribution is 2.64. The van der Waals surface area contributed by atoms with Crippen LogP contribution in [0.25, 0.3) is 17.2 Å². The number of hydrogen-bond donors (Lipinski definition) is 2. The fourth-order valence-electron chi connectivity index (χ4n) is 8.55. The average molecular weight is 597 g/mol. The molecule has 2 saturated carbocycles. The minimum Gasteiger partial charge on any atom is -0.507 e. The fourth-order valence-corrected chi connectivity index (χ4v) is 8.55. The third kappa shape index (κ3) is 4.31. The van der Waals surface area contributed by atoms with Crippen LogP contribution in [0.2, 0.25) is 0 Å². The van der Waals surface area contributed by atoms with E-state index in [4.69, 9.17) is 0 Å². The summed E-state index contributed by atoms with van der Waals surface area (Å²) in [5.74, 6) is -9.00. The van der Waals surface area contributed by atoms with E-state index < -0.39 is 69.0 Å². The van der Waals surface area contributed by atoms with Crippen LogP contribution in [0.15, 0.2) is 54.6 Å². The van der Waals surface area contributed by atoms with Crippen molar-refractivity contribution in [2.75, 3.05) is 0 Å². The van der Waals surface area contributed by atoms with Crippen LogP contribution in [-0.4, -0.2) is 44.7 Å². The first-order chi connectivity index (χ1) is 20.5. The highest BCUT2D eigenvalue weighted by atomic mass is 16.3. The maximum Gasteiger partial charge on any atom is 0.190 e. The van der Waals surface area contributed by atoms with Gasteiger partial charge in [-0.2, -0.15) is 0 Å². The number of phenols is 1. The molecule has 2 aromatic carbocycles. The first-order valence-electron chi connectivity index (χ1n) is 15.2. The Morgan fingerprint density at radius 2 is 1.77 bits per heavy atom. The Balaban J connectivity index is 1.69. The number of ketones is 5. The Morgan fingerprint density at radius 3 is 2.39 bits per heavy atom. The lowest BCUT2D eigenvalue weighted by Gasteiger charge is -2.61. The highest BCUT2D eigenvalue weighted by molar-refractivity contribution is 6.32. The monoisotopic (exact) mass is 596 g/mol. The van der Waals surface area contributed by atoms with E-state index in [2.05, 4.69) is 6.58 Å². The number of benzene rings is 2. The summed E-state index contributed by atoms with van der Waals surface area (Å²) in [4.78, 5) is 68.8. The Morgan fingerprint density at radius 1 is 1.09 bits per heavy atom. The maximum atomic E-state index is 14.5. The zero-order valence-electron chi connectivity index (χ0n) is 26.2. The van der Waals surface area contributed by atoms with Crippen LogP contribution in [0.5, 0.6) is 5.75 Å². The topological polar surface area (TPSA) is 126 Å². The van der Waals surface area contributed by atoms with Gasteiger partial charge in [0.25, 0.3) is 0 Å². The Labute approximate surface area is 258 Å². The van der Waals surface area contributed by atoms with E-state index in [1.54, 1.807) is 33.8 Å². The van der Waals surface area contributed by atoms with Crippen LogP contribution in [0.4, 0.5) is 0 Å². The van der Waals surface area contributed by atoms with Gasteiger partial charge in [0.05, 0.1) is 11.5 Å². The third-order valence-corrected chi connectivity index (χ3v) is 10.4. The predicted molar refractivity (Wildman–Crippen MR) is 167 cm³/mol. The van der Waals surface area contributed by atoms with E-state index in [9.17, 15) is 34.2 Å². The van der Waals surface area contributed by atoms with Gasteiger partial charge in [0.2, 0.25) is 0 Å². The first-order valence-corrected chi connectivity index (χ1v) is 15.2. The van der Waals surface area contributed by atoms with Crippen LogP contribution in [0, 0.1) is 34.5 Å². The zero-order valence-corrected chi connectivity index (χ0v) is 26.2. The van der Waals surface area contributed by atoms with Crippen LogP contribution in [0.1, 0.15) is 75.9 Å². The Bertz CT molecular complexity index is 1680. The minimum absolute atomic E-state index is 0.00584. The summed E-state index contributed by atoms with van der Waals surface area (Å²) in [7, 11) is 0. The van der Waals surface area contributed by atoms with Gasteiger partial charge in [-0.25, -0.2) is 0 Å². The van der Waals surface area contributed by atoms with Gasteiger partial charge in [-0.15, -0.1) is 0 Å². The number of hydrogen-bond acceptors (Lipinski definition) is 7. The summed E-state index contributed by atoms with van der Waals surface area (Å²) in [6.07, 6.45) is 4.94. The number of Topliss-reactive ketones (excluding diaryl/α,β-unsaturated/α-hetero) is 5. The van der Waals surface area contributed by atoms with E-state index in [-0.39, 0.29) is 24.2 Å². The van der Waals surface area contributed by atoms with Gasteiger partial charge in [-0.05, 0) is 71.9 Å². The fraction of sp³-hybridized carbons (Fsp3) is 0.432. The predicted octanol–water partition coefficient (Wildman–Crippen LogP) is 5.74. The molecule has 2 fully saturated rings. The van der Waals surface area contributed by atoms with Crippen molar-refractivity contribution < 1.29 is 34.2 Å². The lowest BCUT2D eigenvalue weighted by Crippen LogP contribution is -2.76. The molecule has 3 aliphatic rings. The van der Waals surface area contributed by atoms with Crippen molar-refractivity contribution in [1.82, 2.24) is 0 Å².